The Morgan fingerprint density at radius 2 is 1.75 bits per heavy atom. The van der Waals surface area contributed by atoms with E-state index >= 15 is 0 Å². The molecule has 3 rings (SSSR count). The summed E-state index contributed by atoms with van der Waals surface area (Å²) in [5.41, 5.74) is 2.30. The number of rotatable bonds is 4. The van der Waals surface area contributed by atoms with Gasteiger partial charge in [-0.2, -0.15) is 0 Å². The summed E-state index contributed by atoms with van der Waals surface area (Å²) in [4.78, 5) is 11.3. The van der Waals surface area contributed by atoms with Gasteiger partial charge < -0.3 is 15.7 Å². The number of nitrogens with one attached hydrogen (secondary N) is 2. The Kier molecular flexibility index (Phi) is 5.29. The number of benzene rings is 2. The van der Waals surface area contributed by atoms with Crippen LogP contribution in [0.4, 0.5) is 11.4 Å². The SMILES string of the molecule is O=C(O)c1ccccc1Nc1c(Cl)cc(C2CCNCC2)cc1Cl. The maximum absolute atomic E-state index is 11.3. The van der Waals surface area contributed by atoms with Crippen LogP contribution in [0.25, 0.3) is 0 Å². The zero-order chi connectivity index (χ0) is 17.1. The number of carboxylic acid groups (broad SMARTS) is 1. The Bertz CT molecular complexity index is 735. The summed E-state index contributed by atoms with van der Waals surface area (Å²) in [7, 11) is 0. The largest absolute Gasteiger partial charge is 0.478 e. The van der Waals surface area contributed by atoms with Crippen molar-refractivity contribution in [3.63, 3.8) is 0 Å². The monoisotopic (exact) mass is 364 g/mol. The van der Waals surface area contributed by atoms with Gasteiger partial charge in [-0.3, -0.25) is 0 Å². The molecule has 0 saturated carbocycles. The molecule has 1 fully saturated rings. The molecule has 4 nitrogen and oxygen atoms in total. The van der Waals surface area contributed by atoms with Crippen LogP contribution < -0.4 is 10.6 Å². The first-order chi connectivity index (χ1) is 11.6. The topological polar surface area (TPSA) is 61.4 Å². The van der Waals surface area contributed by atoms with Crippen molar-refractivity contribution >= 4 is 40.5 Å². The van der Waals surface area contributed by atoms with Gasteiger partial charge in [-0.05, 0) is 61.7 Å². The number of aromatic carboxylic acids is 1. The van der Waals surface area contributed by atoms with E-state index in [1.54, 1.807) is 18.2 Å². The van der Waals surface area contributed by atoms with Crippen LogP contribution in [0.3, 0.4) is 0 Å². The fourth-order valence-corrected chi connectivity index (χ4v) is 3.61. The molecule has 0 amide bonds. The number of carbonyl (C=O) groups is 1. The minimum atomic E-state index is -1.00. The maximum Gasteiger partial charge on any atom is 0.337 e. The first kappa shape index (κ1) is 17.1. The first-order valence-electron chi connectivity index (χ1n) is 7.85. The molecular formula is C18H18Cl2N2O2. The molecule has 2 aromatic rings. The lowest BCUT2D eigenvalue weighted by atomic mass is 9.90. The molecule has 24 heavy (non-hydrogen) atoms. The third-order valence-corrected chi connectivity index (χ3v) is 4.89. The van der Waals surface area contributed by atoms with Gasteiger partial charge in [-0.1, -0.05) is 35.3 Å². The highest BCUT2D eigenvalue weighted by molar-refractivity contribution is 6.39. The number of para-hydroxylation sites is 1. The van der Waals surface area contributed by atoms with Crippen LogP contribution in [0, 0.1) is 0 Å². The summed E-state index contributed by atoms with van der Waals surface area (Å²) in [6.07, 6.45) is 2.11. The molecule has 1 aliphatic rings. The highest BCUT2D eigenvalue weighted by atomic mass is 35.5. The van der Waals surface area contributed by atoms with Gasteiger partial charge >= 0.3 is 5.97 Å². The van der Waals surface area contributed by atoms with E-state index in [0.717, 1.165) is 31.5 Å². The Morgan fingerprint density at radius 3 is 2.38 bits per heavy atom. The number of anilines is 2. The van der Waals surface area contributed by atoms with E-state index in [0.29, 0.717) is 27.3 Å². The minimum absolute atomic E-state index is 0.173. The zero-order valence-electron chi connectivity index (χ0n) is 13.0. The summed E-state index contributed by atoms with van der Waals surface area (Å²) in [6, 6.07) is 10.5. The van der Waals surface area contributed by atoms with Crippen LogP contribution in [0.2, 0.25) is 10.0 Å². The van der Waals surface area contributed by atoms with Gasteiger partial charge in [0.1, 0.15) is 0 Å². The second-order valence-electron chi connectivity index (χ2n) is 5.86. The van der Waals surface area contributed by atoms with E-state index in [4.69, 9.17) is 23.2 Å². The van der Waals surface area contributed by atoms with E-state index in [2.05, 4.69) is 10.6 Å². The second-order valence-corrected chi connectivity index (χ2v) is 6.67. The molecule has 2 aromatic carbocycles. The van der Waals surface area contributed by atoms with Crippen LogP contribution in [-0.4, -0.2) is 24.2 Å². The number of halogens is 2. The van der Waals surface area contributed by atoms with Crippen molar-refractivity contribution in [1.29, 1.82) is 0 Å². The van der Waals surface area contributed by atoms with Crippen molar-refractivity contribution in [2.75, 3.05) is 18.4 Å². The quantitative estimate of drug-likeness (QED) is 0.721. The Labute approximate surface area is 150 Å². The molecule has 0 radical (unpaired) electrons. The van der Waals surface area contributed by atoms with Crippen molar-refractivity contribution in [1.82, 2.24) is 5.32 Å². The van der Waals surface area contributed by atoms with Crippen molar-refractivity contribution in [3.05, 3.63) is 57.6 Å². The highest BCUT2D eigenvalue weighted by Gasteiger charge is 2.19. The lowest BCUT2D eigenvalue weighted by Gasteiger charge is -2.24. The smallest absolute Gasteiger partial charge is 0.337 e. The maximum atomic E-state index is 11.3. The van der Waals surface area contributed by atoms with Gasteiger partial charge in [0.05, 0.1) is 27.0 Å². The first-order valence-corrected chi connectivity index (χ1v) is 8.61. The molecule has 0 aromatic heterocycles. The summed E-state index contributed by atoms with van der Waals surface area (Å²) < 4.78 is 0. The van der Waals surface area contributed by atoms with Crippen molar-refractivity contribution in [2.24, 2.45) is 0 Å². The fraction of sp³-hybridized carbons (Fsp3) is 0.278. The van der Waals surface area contributed by atoms with Gasteiger partial charge in [0.25, 0.3) is 0 Å². The molecule has 0 unspecified atom stereocenters. The van der Waals surface area contributed by atoms with Gasteiger partial charge in [0.2, 0.25) is 0 Å². The van der Waals surface area contributed by atoms with E-state index in [1.165, 1.54) is 6.07 Å². The molecule has 1 heterocycles. The van der Waals surface area contributed by atoms with Gasteiger partial charge in [0.15, 0.2) is 0 Å². The Hall–Kier alpha value is -1.75. The molecule has 1 saturated heterocycles. The lowest BCUT2D eigenvalue weighted by molar-refractivity contribution is 0.0698. The predicted octanol–water partition coefficient (Wildman–Crippen LogP) is 4.90. The average molecular weight is 365 g/mol. The van der Waals surface area contributed by atoms with Gasteiger partial charge in [-0.15, -0.1) is 0 Å². The summed E-state index contributed by atoms with van der Waals surface area (Å²) in [5, 5.41) is 16.7. The third kappa shape index (κ3) is 3.66. The second kappa shape index (κ2) is 7.43. The van der Waals surface area contributed by atoms with Crippen LogP contribution in [-0.2, 0) is 0 Å². The molecule has 0 atom stereocenters. The van der Waals surface area contributed by atoms with E-state index < -0.39 is 5.97 Å². The summed E-state index contributed by atoms with van der Waals surface area (Å²) in [5.74, 6) is -0.557. The molecule has 126 valence electrons. The normalized spacial score (nSPS) is 15.2. The Balaban J connectivity index is 1.91. The summed E-state index contributed by atoms with van der Waals surface area (Å²) >= 11 is 12.9. The fourth-order valence-electron chi connectivity index (χ4n) is 3.02. The predicted molar refractivity (Wildman–Crippen MR) is 98.0 cm³/mol. The van der Waals surface area contributed by atoms with Crippen LogP contribution in [0.1, 0.15) is 34.7 Å². The molecule has 1 aliphatic heterocycles. The molecule has 6 heteroatoms. The van der Waals surface area contributed by atoms with E-state index in [-0.39, 0.29) is 5.56 Å². The summed E-state index contributed by atoms with van der Waals surface area (Å²) in [6.45, 7) is 1.98. The zero-order valence-corrected chi connectivity index (χ0v) is 14.5. The van der Waals surface area contributed by atoms with Crippen molar-refractivity contribution in [3.8, 4) is 0 Å². The van der Waals surface area contributed by atoms with Gasteiger partial charge in [0, 0.05) is 0 Å². The van der Waals surface area contributed by atoms with E-state index in [1.807, 2.05) is 12.1 Å². The Morgan fingerprint density at radius 1 is 1.12 bits per heavy atom. The van der Waals surface area contributed by atoms with E-state index in [9.17, 15) is 9.90 Å². The van der Waals surface area contributed by atoms with Crippen molar-refractivity contribution in [2.45, 2.75) is 18.8 Å². The number of hydrogen-bond donors (Lipinski definition) is 3. The average Bonchev–Trinajstić information content (AvgIpc) is 2.59. The molecule has 0 aliphatic carbocycles. The van der Waals surface area contributed by atoms with Gasteiger partial charge in [-0.25, -0.2) is 4.79 Å². The molecular weight excluding hydrogens is 347 g/mol. The third-order valence-electron chi connectivity index (χ3n) is 4.29. The number of carboxylic acids is 1. The highest BCUT2D eigenvalue weighted by Crippen LogP contribution is 2.38. The number of piperidine rings is 1. The lowest BCUT2D eigenvalue weighted by Crippen LogP contribution is -2.26. The standard InChI is InChI=1S/C18H18Cl2N2O2/c19-14-9-12(11-5-7-21-8-6-11)10-15(20)17(14)22-16-4-2-1-3-13(16)18(23)24/h1-4,9-11,21-22H,5-8H2,(H,23,24). The van der Waals surface area contributed by atoms with Crippen LogP contribution >= 0.6 is 23.2 Å². The molecule has 0 bridgehead atoms. The van der Waals surface area contributed by atoms with Crippen molar-refractivity contribution < 1.29 is 9.90 Å². The van der Waals surface area contributed by atoms with Crippen LogP contribution in [0.5, 0.6) is 0 Å². The minimum Gasteiger partial charge on any atom is -0.478 e. The molecule has 3 N–H and O–H groups in total. The number of hydrogen-bond acceptors (Lipinski definition) is 3. The molecule has 0 spiro atoms. The van der Waals surface area contributed by atoms with Crippen LogP contribution in [0.15, 0.2) is 36.4 Å².